The number of alkyl carbamates (subject to hydrolysis) is 1. The average molecular weight is 475 g/mol. The van der Waals surface area contributed by atoms with Crippen molar-refractivity contribution in [2.24, 2.45) is 5.92 Å². The van der Waals surface area contributed by atoms with Gasteiger partial charge in [0.25, 0.3) is 5.91 Å². The van der Waals surface area contributed by atoms with Crippen molar-refractivity contribution >= 4 is 29.5 Å². The Kier molecular flexibility index (Phi) is 8.01. The molecule has 1 atom stereocenters. The summed E-state index contributed by atoms with van der Waals surface area (Å²) in [7, 11) is 1.50. The number of hydrogen-bond donors (Lipinski definition) is 3. The Bertz CT molecular complexity index is 934. The second kappa shape index (κ2) is 10.8. The minimum atomic E-state index is -0.747. The van der Waals surface area contributed by atoms with Crippen molar-refractivity contribution in [3.8, 4) is 5.75 Å². The molecular weight excluding hydrogens is 440 g/mol. The highest BCUT2D eigenvalue weighted by Crippen LogP contribution is 2.29. The summed E-state index contributed by atoms with van der Waals surface area (Å²) in [5.41, 5.74) is 0.748. The summed E-state index contributed by atoms with van der Waals surface area (Å²) in [5, 5.41) is 7.76. The third-order valence-corrected chi connectivity index (χ3v) is 5.89. The zero-order chi connectivity index (χ0) is 24.9. The number of piperidine rings is 2. The monoisotopic (exact) mass is 474 g/mol. The minimum absolute atomic E-state index is 0.190. The number of imide groups is 1. The third kappa shape index (κ3) is 6.85. The highest BCUT2D eigenvalue weighted by atomic mass is 16.6. The molecule has 10 heteroatoms. The molecule has 0 aliphatic carbocycles. The summed E-state index contributed by atoms with van der Waals surface area (Å²) in [6, 6.07) is 4.62. The number of benzene rings is 1. The molecule has 4 amide bonds. The van der Waals surface area contributed by atoms with Crippen LogP contribution in [-0.4, -0.2) is 62.2 Å². The average Bonchev–Trinajstić information content (AvgIpc) is 2.78. The summed E-state index contributed by atoms with van der Waals surface area (Å²) >= 11 is 0. The van der Waals surface area contributed by atoms with Gasteiger partial charge in [-0.2, -0.15) is 0 Å². The maximum Gasteiger partial charge on any atom is 0.407 e. The minimum Gasteiger partial charge on any atom is -0.496 e. The van der Waals surface area contributed by atoms with Crippen LogP contribution >= 0.6 is 0 Å². The quantitative estimate of drug-likeness (QED) is 0.538. The van der Waals surface area contributed by atoms with E-state index in [1.165, 1.54) is 7.11 Å². The second-order valence-electron chi connectivity index (χ2n) is 9.67. The fourth-order valence-electron chi connectivity index (χ4n) is 4.07. The van der Waals surface area contributed by atoms with Gasteiger partial charge in [0.2, 0.25) is 11.8 Å². The summed E-state index contributed by atoms with van der Waals surface area (Å²) in [5.74, 6) is -0.476. The Morgan fingerprint density at radius 3 is 2.47 bits per heavy atom. The lowest BCUT2D eigenvalue weighted by atomic mass is 9.96. The number of carbonyl (C=O) groups excluding carboxylic acids is 4. The second-order valence-corrected chi connectivity index (χ2v) is 9.67. The molecule has 1 aromatic rings. The van der Waals surface area contributed by atoms with Gasteiger partial charge in [-0.15, -0.1) is 0 Å². The summed E-state index contributed by atoms with van der Waals surface area (Å²) in [6.45, 7) is 7.71. The molecule has 1 unspecified atom stereocenters. The Morgan fingerprint density at radius 2 is 1.85 bits per heavy atom. The molecule has 3 N–H and O–H groups in total. The molecule has 0 bridgehead atoms. The van der Waals surface area contributed by atoms with Crippen LogP contribution in [0.1, 0.15) is 56.8 Å². The third-order valence-electron chi connectivity index (χ3n) is 5.89. The smallest absolute Gasteiger partial charge is 0.407 e. The first kappa shape index (κ1) is 25.3. The molecule has 2 saturated heterocycles. The Morgan fingerprint density at radius 1 is 1.15 bits per heavy atom. The van der Waals surface area contributed by atoms with Crippen molar-refractivity contribution in [3.63, 3.8) is 0 Å². The lowest BCUT2D eigenvalue weighted by Crippen LogP contribution is -2.52. The van der Waals surface area contributed by atoms with Gasteiger partial charge >= 0.3 is 6.09 Å². The van der Waals surface area contributed by atoms with Crippen molar-refractivity contribution in [1.29, 1.82) is 0 Å². The topological polar surface area (TPSA) is 126 Å². The van der Waals surface area contributed by atoms with Crippen LogP contribution in [0.25, 0.3) is 0 Å². The Hall–Kier alpha value is -3.30. The SMILES string of the molecule is COc1cc(N2CCC(CNC(=O)OC(C)(C)C)CC2)ccc1C(=O)NC1CCC(=O)NC1=O. The zero-order valence-corrected chi connectivity index (χ0v) is 20.2. The van der Waals surface area contributed by atoms with Crippen LogP contribution in [0.15, 0.2) is 18.2 Å². The number of amides is 4. The Balaban J connectivity index is 1.54. The van der Waals surface area contributed by atoms with E-state index in [0.29, 0.717) is 23.8 Å². The van der Waals surface area contributed by atoms with Gasteiger partial charge in [-0.25, -0.2) is 4.79 Å². The van der Waals surface area contributed by atoms with Crippen molar-refractivity contribution in [3.05, 3.63) is 23.8 Å². The van der Waals surface area contributed by atoms with E-state index in [4.69, 9.17) is 9.47 Å². The molecule has 186 valence electrons. The largest absolute Gasteiger partial charge is 0.496 e. The number of hydrogen-bond acceptors (Lipinski definition) is 7. The van der Waals surface area contributed by atoms with Crippen molar-refractivity contribution in [2.75, 3.05) is 31.6 Å². The first-order valence-electron chi connectivity index (χ1n) is 11.6. The van der Waals surface area contributed by atoms with Crippen LogP contribution in [0, 0.1) is 5.92 Å². The summed E-state index contributed by atoms with van der Waals surface area (Å²) in [6.07, 6.45) is 1.89. The van der Waals surface area contributed by atoms with Crippen LogP contribution in [0.2, 0.25) is 0 Å². The van der Waals surface area contributed by atoms with Gasteiger partial charge in [0.15, 0.2) is 0 Å². The summed E-state index contributed by atoms with van der Waals surface area (Å²) in [4.78, 5) is 50.1. The van der Waals surface area contributed by atoms with Crippen LogP contribution in [0.5, 0.6) is 5.75 Å². The number of carbonyl (C=O) groups is 4. The molecule has 3 rings (SSSR count). The van der Waals surface area contributed by atoms with Gasteiger partial charge in [-0.3, -0.25) is 19.7 Å². The maximum atomic E-state index is 12.7. The van der Waals surface area contributed by atoms with E-state index >= 15 is 0 Å². The molecule has 34 heavy (non-hydrogen) atoms. The van der Waals surface area contributed by atoms with Gasteiger partial charge in [0.1, 0.15) is 17.4 Å². The molecule has 1 aromatic carbocycles. The predicted molar refractivity (Wildman–Crippen MR) is 126 cm³/mol. The molecule has 2 aliphatic rings. The predicted octanol–water partition coefficient (Wildman–Crippen LogP) is 1.97. The van der Waals surface area contributed by atoms with E-state index in [1.54, 1.807) is 6.07 Å². The van der Waals surface area contributed by atoms with E-state index in [1.807, 2.05) is 32.9 Å². The Labute approximate surface area is 199 Å². The van der Waals surface area contributed by atoms with Crippen LogP contribution in [0.3, 0.4) is 0 Å². The normalized spacial score (nSPS) is 19.3. The number of nitrogens with one attached hydrogen (secondary N) is 3. The zero-order valence-electron chi connectivity index (χ0n) is 20.2. The lowest BCUT2D eigenvalue weighted by molar-refractivity contribution is -0.134. The molecule has 2 fully saturated rings. The molecule has 10 nitrogen and oxygen atoms in total. The molecule has 0 radical (unpaired) electrons. The van der Waals surface area contributed by atoms with E-state index in [-0.39, 0.29) is 18.7 Å². The fourth-order valence-corrected chi connectivity index (χ4v) is 4.07. The van der Waals surface area contributed by atoms with E-state index < -0.39 is 29.6 Å². The number of rotatable bonds is 6. The van der Waals surface area contributed by atoms with Crippen LogP contribution in [0.4, 0.5) is 10.5 Å². The van der Waals surface area contributed by atoms with Gasteiger partial charge < -0.3 is 25.0 Å². The number of nitrogens with zero attached hydrogens (tertiary/aromatic N) is 1. The molecular formula is C24H34N4O6. The van der Waals surface area contributed by atoms with E-state index in [9.17, 15) is 19.2 Å². The fraction of sp³-hybridized carbons (Fsp3) is 0.583. The van der Waals surface area contributed by atoms with Gasteiger partial charge in [-0.1, -0.05) is 0 Å². The summed E-state index contributed by atoms with van der Waals surface area (Å²) < 4.78 is 10.7. The molecule has 2 aliphatic heterocycles. The van der Waals surface area contributed by atoms with Crippen molar-refractivity contribution < 1.29 is 28.7 Å². The van der Waals surface area contributed by atoms with Gasteiger partial charge in [0, 0.05) is 37.8 Å². The first-order chi connectivity index (χ1) is 16.1. The molecule has 2 heterocycles. The van der Waals surface area contributed by atoms with Gasteiger partial charge in [-0.05, 0) is 58.1 Å². The molecule has 0 spiro atoms. The number of methoxy groups -OCH3 is 1. The van der Waals surface area contributed by atoms with Gasteiger partial charge in [0.05, 0.1) is 12.7 Å². The van der Waals surface area contributed by atoms with Crippen molar-refractivity contribution in [1.82, 2.24) is 16.0 Å². The van der Waals surface area contributed by atoms with E-state index in [2.05, 4.69) is 20.9 Å². The number of ether oxygens (including phenoxy) is 2. The van der Waals surface area contributed by atoms with Crippen LogP contribution < -0.4 is 25.6 Å². The highest BCUT2D eigenvalue weighted by molar-refractivity contribution is 6.04. The standard InChI is InChI=1S/C24H34N4O6/c1-24(2,3)34-23(32)25-14-15-9-11-28(12-10-15)16-5-6-17(19(13-16)33-4)21(30)26-18-7-8-20(29)27-22(18)31/h5-6,13,15,18H,7-12,14H2,1-4H3,(H,25,32)(H,26,30)(H,27,29,31). The lowest BCUT2D eigenvalue weighted by Gasteiger charge is -2.34. The maximum absolute atomic E-state index is 12.7. The number of anilines is 1. The first-order valence-corrected chi connectivity index (χ1v) is 11.6. The molecule has 0 saturated carbocycles. The molecule has 0 aromatic heterocycles. The highest BCUT2D eigenvalue weighted by Gasteiger charge is 2.29. The van der Waals surface area contributed by atoms with Crippen LogP contribution in [-0.2, 0) is 14.3 Å². The van der Waals surface area contributed by atoms with E-state index in [0.717, 1.165) is 31.6 Å². The van der Waals surface area contributed by atoms with Crippen molar-refractivity contribution in [2.45, 2.75) is 58.1 Å².